The van der Waals surface area contributed by atoms with Gasteiger partial charge in [-0.15, -0.1) is 0 Å². The maximum atomic E-state index is 12.0. The maximum Gasteiger partial charge on any atom is 0.326 e. The molecule has 0 radical (unpaired) electrons. The normalized spacial score (nSPS) is 24.4. The molecule has 2 N–H and O–H groups in total. The number of likely N-dealkylation sites (tertiary alicyclic amines) is 1. The number of carboxylic acid groups (broad SMARTS) is 1. The molecule has 2 amide bonds. The van der Waals surface area contributed by atoms with Crippen molar-refractivity contribution in [3.05, 3.63) is 0 Å². The van der Waals surface area contributed by atoms with Crippen molar-refractivity contribution in [3.63, 3.8) is 0 Å². The summed E-state index contributed by atoms with van der Waals surface area (Å²) in [4.78, 5) is 24.4. The fourth-order valence-corrected chi connectivity index (χ4v) is 3.23. The van der Waals surface area contributed by atoms with Crippen molar-refractivity contribution < 1.29 is 14.7 Å². The Bertz CT molecular complexity index is 327. The molecule has 1 saturated carbocycles. The van der Waals surface area contributed by atoms with Crippen molar-refractivity contribution in [2.45, 2.75) is 57.4 Å². The molecule has 5 nitrogen and oxygen atoms in total. The molecule has 1 heterocycles. The molecular formula is C14H24N2O3. The van der Waals surface area contributed by atoms with Gasteiger partial charge < -0.3 is 15.3 Å². The van der Waals surface area contributed by atoms with Gasteiger partial charge in [-0.2, -0.15) is 0 Å². The molecule has 1 saturated heterocycles. The zero-order chi connectivity index (χ0) is 13.7. The molecule has 0 aromatic carbocycles. The number of nitrogens with one attached hydrogen (secondary N) is 1. The lowest BCUT2D eigenvalue weighted by molar-refractivity contribution is -0.141. The van der Waals surface area contributed by atoms with Gasteiger partial charge in [0, 0.05) is 13.1 Å². The Hall–Kier alpha value is -1.26. The van der Waals surface area contributed by atoms with Crippen LogP contribution in [0.15, 0.2) is 0 Å². The number of rotatable bonds is 4. The van der Waals surface area contributed by atoms with Crippen LogP contribution < -0.4 is 5.32 Å². The van der Waals surface area contributed by atoms with Crippen molar-refractivity contribution >= 4 is 12.0 Å². The minimum absolute atomic E-state index is 0.208. The van der Waals surface area contributed by atoms with E-state index >= 15 is 0 Å². The molecule has 0 aromatic heterocycles. The topological polar surface area (TPSA) is 69.6 Å². The lowest BCUT2D eigenvalue weighted by atomic mass is 9.87. The van der Waals surface area contributed by atoms with E-state index in [1.54, 1.807) is 0 Å². The summed E-state index contributed by atoms with van der Waals surface area (Å²) in [5.74, 6) is -0.150. The summed E-state index contributed by atoms with van der Waals surface area (Å²) in [5.41, 5.74) is 0. The van der Waals surface area contributed by atoms with Crippen LogP contribution in [0.4, 0.5) is 4.79 Å². The summed E-state index contributed by atoms with van der Waals surface area (Å²) < 4.78 is 0. The second kappa shape index (κ2) is 6.78. The third-order valence-electron chi connectivity index (χ3n) is 4.35. The summed E-state index contributed by atoms with van der Waals surface area (Å²) in [6, 6.07) is -0.838. The van der Waals surface area contributed by atoms with E-state index < -0.39 is 12.0 Å². The predicted molar refractivity (Wildman–Crippen MR) is 72.0 cm³/mol. The number of aliphatic carboxylic acids is 1. The minimum atomic E-state index is -0.889. The number of urea groups is 1. The average Bonchev–Trinajstić information content (AvgIpc) is 2.89. The molecule has 19 heavy (non-hydrogen) atoms. The second-order valence-corrected chi connectivity index (χ2v) is 5.71. The van der Waals surface area contributed by atoms with Gasteiger partial charge >= 0.3 is 12.0 Å². The Morgan fingerprint density at radius 2 is 1.84 bits per heavy atom. The van der Waals surface area contributed by atoms with E-state index in [1.165, 1.54) is 37.0 Å². The number of hydrogen-bond acceptors (Lipinski definition) is 2. The highest BCUT2D eigenvalue weighted by Crippen LogP contribution is 2.25. The lowest BCUT2D eigenvalue weighted by Gasteiger charge is -2.24. The van der Waals surface area contributed by atoms with Crippen molar-refractivity contribution in [2.75, 3.05) is 13.1 Å². The van der Waals surface area contributed by atoms with Crippen LogP contribution in [-0.4, -0.2) is 41.1 Å². The highest BCUT2D eigenvalue weighted by molar-refractivity contribution is 5.83. The zero-order valence-electron chi connectivity index (χ0n) is 11.4. The highest BCUT2D eigenvalue weighted by atomic mass is 16.4. The third kappa shape index (κ3) is 3.85. The number of hydrogen-bond donors (Lipinski definition) is 2. The molecule has 108 valence electrons. The Balaban J connectivity index is 1.70. The number of carboxylic acids is 1. The fourth-order valence-electron chi connectivity index (χ4n) is 3.23. The molecule has 0 aromatic rings. The molecule has 5 heteroatoms. The summed E-state index contributed by atoms with van der Waals surface area (Å²) in [7, 11) is 0. The van der Waals surface area contributed by atoms with Gasteiger partial charge in [-0.3, -0.25) is 0 Å². The van der Waals surface area contributed by atoms with Crippen molar-refractivity contribution in [2.24, 2.45) is 5.92 Å². The van der Waals surface area contributed by atoms with Gasteiger partial charge in [0.2, 0.25) is 0 Å². The van der Waals surface area contributed by atoms with Crippen molar-refractivity contribution in [1.29, 1.82) is 0 Å². The predicted octanol–water partition coefficient (Wildman–Crippen LogP) is 2.22. The van der Waals surface area contributed by atoms with E-state index in [4.69, 9.17) is 5.11 Å². The van der Waals surface area contributed by atoms with Gasteiger partial charge in [0.25, 0.3) is 0 Å². The summed E-state index contributed by atoms with van der Waals surface area (Å²) in [6.45, 7) is 1.23. The first-order valence-electron chi connectivity index (χ1n) is 7.46. The van der Waals surface area contributed by atoms with Gasteiger partial charge in [-0.05, 0) is 25.2 Å². The summed E-state index contributed by atoms with van der Waals surface area (Å²) in [6.07, 6.45) is 8.90. The number of carbonyl (C=O) groups is 2. The highest BCUT2D eigenvalue weighted by Gasteiger charge is 2.33. The van der Waals surface area contributed by atoms with Crippen LogP contribution in [0, 0.1) is 5.92 Å². The Morgan fingerprint density at radius 3 is 2.53 bits per heavy atom. The standard InChI is InChI=1S/C14H24N2O3/c17-13(18)12-7-4-10-16(12)14(19)15-9-8-11-5-2-1-3-6-11/h11-12H,1-10H2,(H,15,19)(H,17,18)/t12-/m0/s1. The second-order valence-electron chi connectivity index (χ2n) is 5.71. The van der Waals surface area contributed by atoms with E-state index in [-0.39, 0.29) is 6.03 Å². The lowest BCUT2D eigenvalue weighted by Crippen LogP contribution is -2.46. The smallest absolute Gasteiger partial charge is 0.326 e. The molecule has 2 fully saturated rings. The van der Waals surface area contributed by atoms with Crippen LogP contribution in [0.3, 0.4) is 0 Å². The first-order chi connectivity index (χ1) is 9.18. The Labute approximate surface area is 114 Å². The SMILES string of the molecule is O=C(O)[C@@H]1CCCN1C(=O)NCCC1CCCCC1. The molecule has 1 atom stereocenters. The van der Waals surface area contributed by atoms with Crippen LogP contribution in [0.25, 0.3) is 0 Å². The van der Waals surface area contributed by atoms with E-state index in [1.807, 2.05) is 0 Å². The van der Waals surface area contributed by atoms with Crippen LogP contribution in [0.1, 0.15) is 51.4 Å². The van der Waals surface area contributed by atoms with Crippen LogP contribution in [0.5, 0.6) is 0 Å². The van der Waals surface area contributed by atoms with E-state index in [0.717, 1.165) is 18.8 Å². The fraction of sp³-hybridized carbons (Fsp3) is 0.857. The van der Waals surface area contributed by atoms with Crippen LogP contribution in [-0.2, 0) is 4.79 Å². The molecular weight excluding hydrogens is 244 g/mol. The van der Waals surface area contributed by atoms with E-state index in [9.17, 15) is 9.59 Å². The molecule has 2 rings (SSSR count). The maximum absolute atomic E-state index is 12.0. The molecule has 0 unspecified atom stereocenters. The van der Waals surface area contributed by atoms with Gasteiger partial charge in [-0.1, -0.05) is 32.1 Å². The van der Waals surface area contributed by atoms with Gasteiger partial charge in [-0.25, -0.2) is 9.59 Å². The first kappa shape index (κ1) is 14.2. The Morgan fingerprint density at radius 1 is 1.11 bits per heavy atom. The largest absolute Gasteiger partial charge is 0.480 e. The van der Waals surface area contributed by atoms with Crippen LogP contribution >= 0.6 is 0 Å². The van der Waals surface area contributed by atoms with Gasteiger partial charge in [0.05, 0.1) is 0 Å². The Kier molecular flexibility index (Phi) is 5.05. The van der Waals surface area contributed by atoms with Gasteiger partial charge in [0.15, 0.2) is 0 Å². The average molecular weight is 268 g/mol. The summed E-state index contributed by atoms with van der Waals surface area (Å²) >= 11 is 0. The molecule has 0 spiro atoms. The van der Waals surface area contributed by atoms with Gasteiger partial charge in [0.1, 0.15) is 6.04 Å². The van der Waals surface area contributed by atoms with Crippen molar-refractivity contribution in [1.82, 2.24) is 10.2 Å². The molecule has 2 aliphatic rings. The number of carbonyl (C=O) groups excluding carboxylic acids is 1. The minimum Gasteiger partial charge on any atom is -0.480 e. The van der Waals surface area contributed by atoms with E-state index in [0.29, 0.717) is 19.5 Å². The third-order valence-corrected chi connectivity index (χ3v) is 4.35. The number of nitrogens with zero attached hydrogens (tertiary/aromatic N) is 1. The first-order valence-corrected chi connectivity index (χ1v) is 7.46. The van der Waals surface area contributed by atoms with E-state index in [2.05, 4.69) is 5.32 Å². The monoisotopic (exact) mass is 268 g/mol. The molecule has 1 aliphatic heterocycles. The molecule has 1 aliphatic carbocycles. The van der Waals surface area contributed by atoms with Crippen molar-refractivity contribution in [3.8, 4) is 0 Å². The summed E-state index contributed by atoms with van der Waals surface area (Å²) in [5, 5.41) is 11.9. The number of amides is 2. The van der Waals surface area contributed by atoms with Crippen LogP contribution in [0.2, 0.25) is 0 Å². The zero-order valence-corrected chi connectivity index (χ0v) is 11.4. The molecule has 0 bridgehead atoms. The quantitative estimate of drug-likeness (QED) is 0.821.